The zero-order chi connectivity index (χ0) is 14.6. The van der Waals surface area contributed by atoms with E-state index in [1.54, 1.807) is 0 Å². The summed E-state index contributed by atoms with van der Waals surface area (Å²) >= 11 is 0. The summed E-state index contributed by atoms with van der Waals surface area (Å²) in [6, 6.07) is 3.04. The molecule has 0 saturated carbocycles. The van der Waals surface area contributed by atoms with Gasteiger partial charge in [-0.25, -0.2) is 4.39 Å². The summed E-state index contributed by atoms with van der Waals surface area (Å²) in [5, 5.41) is 0. The van der Waals surface area contributed by atoms with Gasteiger partial charge in [-0.3, -0.25) is 4.79 Å². The number of alkyl halides is 1. The Kier molecular flexibility index (Phi) is 4.89. The van der Waals surface area contributed by atoms with Gasteiger partial charge in [0, 0.05) is 6.42 Å². The number of rotatable bonds is 6. The summed E-state index contributed by atoms with van der Waals surface area (Å²) in [5.74, 6) is 0.462. The lowest BCUT2D eigenvalue weighted by molar-refractivity contribution is 0.0981. The van der Waals surface area contributed by atoms with Crippen LogP contribution < -0.4 is 15.2 Å². The van der Waals surface area contributed by atoms with E-state index >= 15 is 0 Å². The summed E-state index contributed by atoms with van der Waals surface area (Å²) < 4.78 is 24.4. The number of halogens is 1. The van der Waals surface area contributed by atoms with E-state index in [9.17, 15) is 9.18 Å². The van der Waals surface area contributed by atoms with Gasteiger partial charge in [0.05, 0.1) is 19.8 Å². The first-order valence-corrected chi connectivity index (χ1v) is 6.03. The van der Waals surface area contributed by atoms with Gasteiger partial charge in [-0.1, -0.05) is 0 Å². The molecule has 0 aromatic heterocycles. The van der Waals surface area contributed by atoms with Crippen LogP contribution in [0.25, 0.3) is 0 Å². The lowest BCUT2D eigenvalue weighted by Gasteiger charge is -2.19. The first kappa shape index (κ1) is 15.4. The van der Waals surface area contributed by atoms with Crippen molar-refractivity contribution in [2.24, 2.45) is 5.73 Å². The second kappa shape index (κ2) is 6.02. The molecule has 0 spiro atoms. The minimum absolute atomic E-state index is 0.176. The van der Waals surface area contributed by atoms with E-state index in [-0.39, 0.29) is 18.7 Å². The summed E-state index contributed by atoms with van der Waals surface area (Å²) in [6.07, 6.45) is 0.176. The average Bonchev–Trinajstić information content (AvgIpc) is 2.36. The monoisotopic (exact) mass is 269 g/mol. The Morgan fingerprint density at radius 1 is 1.32 bits per heavy atom. The Hall–Kier alpha value is -1.62. The summed E-state index contributed by atoms with van der Waals surface area (Å²) in [4.78, 5) is 12.0. The first-order chi connectivity index (χ1) is 8.85. The molecule has 0 bridgehead atoms. The zero-order valence-electron chi connectivity index (χ0n) is 11.7. The van der Waals surface area contributed by atoms with Crippen molar-refractivity contribution in [3.05, 3.63) is 23.3 Å². The minimum atomic E-state index is -1.57. The lowest BCUT2D eigenvalue weighted by atomic mass is 9.95. The molecule has 0 radical (unpaired) electrons. The van der Waals surface area contributed by atoms with Crippen LogP contribution in [0, 0.1) is 0 Å². The highest BCUT2D eigenvalue weighted by Gasteiger charge is 2.25. The van der Waals surface area contributed by atoms with E-state index in [0.717, 1.165) is 0 Å². The summed E-state index contributed by atoms with van der Waals surface area (Å²) in [6.45, 7) is 3.07. The number of Topliss-reactive ketones (excluding diaryl/α,β-unsaturated/α-hetero) is 1. The highest BCUT2D eigenvalue weighted by Crippen LogP contribution is 2.37. The maximum Gasteiger partial charge on any atom is 0.171 e. The molecular weight excluding hydrogens is 249 g/mol. The highest BCUT2D eigenvalue weighted by atomic mass is 19.1. The molecule has 1 aromatic rings. The van der Waals surface area contributed by atoms with E-state index < -0.39 is 5.67 Å². The van der Waals surface area contributed by atoms with Gasteiger partial charge in [-0.2, -0.15) is 0 Å². The van der Waals surface area contributed by atoms with E-state index in [2.05, 4.69) is 0 Å². The van der Waals surface area contributed by atoms with Gasteiger partial charge in [0.1, 0.15) is 5.67 Å². The van der Waals surface area contributed by atoms with Crippen molar-refractivity contribution in [3.8, 4) is 11.5 Å². The molecule has 0 unspecified atom stereocenters. The van der Waals surface area contributed by atoms with E-state index in [1.165, 1.54) is 40.2 Å². The third-order valence-electron chi connectivity index (χ3n) is 2.84. The summed E-state index contributed by atoms with van der Waals surface area (Å²) in [5.41, 5.74) is 4.48. The third-order valence-corrected chi connectivity index (χ3v) is 2.84. The first-order valence-electron chi connectivity index (χ1n) is 6.03. The number of ether oxygens (including phenoxy) is 2. The third kappa shape index (κ3) is 3.44. The number of methoxy groups -OCH3 is 2. The Balaban J connectivity index is 3.44. The smallest absolute Gasteiger partial charge is 0.171 e. The number of hydrogen-bond donors (Lipinski definition) is 1. The molecule has 4 nitrogen and oxygen atoms in total. The van der Waals surface area contributed by atoms with Crippen molar-refractivity contribution < 1.29 is 18.7 Å². The lowest BCUT2D eigenvalue weighted by Crippen LogP contribution is -2.14. The van der Waals surface area contributed by atoms with Crippen molar-refractivity contribution in [1.29, 1.82) is 0 Å². The summed E-state index contributed by atoms with van der Waals surface area (Å²) in [7, 11) is 2.89. The van der Waals surface area contributed by atoms with Crippen LogP contribution in [0.4, 0.5) is 4.39 Å². The molecule has 0 amide bonds. The molecule has 1 rings (SSSR count). The molecular formula is C14H20FNO3. The van der Waals surface area contributed by atoms with Gasteiger partial charge in [0.15, 0.2) is 17.3 Å². The number of carbonyl (C=O) groups is 1. The largest absolute Gasteiger partial charge is 0.493 e. The minimum Gasteiger partial charge on any atom is -0.493 e. The van der Waals surface area contributed by atoms with Crippen molar-refractivity contribution >= 4 is 5.78 Å². The molecule has 106 valence electrons. The molecule has 0 fully saturated rings. The number of ketones is 1. The average molecular weight is 269 g/mol. The molecule has 2 N–H and O–H groups in total. The second-order valence-corrected chi connectivity index (χ2v) is 4.69. The van der Waals surface area contributed by atoms with E-state index in [1.807, 2.05) is 0 Å². The van der Waals surface area contributed by atoms with E-state index in [4.69, 9.17) is 15.2 Å². The number of hydrogen-bond acceptors (Lipinski definition) is 4. The maximum absolute atomic E-state index is 14.1. The van der Waals surface area contributed by atoms with Crippen LogP contribution in [0.3, 0.4) is 0 Å². The molecule has 0 saturated heterocycles. The predicted octanol–water partition coefficient (Wildman–Crippen LogP) is 2.44. The van der Waals surface area contributed by atoms with Gasteiger partial charge >= 0.3 is 0 Å². The quantitative estimate of drug-likeness (QED) is 0.806. The normalized spacial score (nSPS) is 11.3. The fourth-order valence-corrected chi connectivity index (χ4v) is 1.78. The maximum atomic E-state index is 14.1. The van der Waals surface area contributed by atoms with Crippen molar-refractivity contribution in [1.82, 2.24) is 0 Å². The predicted molar refractivity (Wildman–Crippen MR) is 71.7 cm³/mol. The topological polar surface area (TPSA) is 61.5 Å². The molecule has 5 heteroatoms. The van der Waals surface area contributed by atoms with Gasteiger partial charge in [0.2, 0.25) is 0 Å². The second-order valence-electron chi connectivity index (χ2n) is 4.69. The van der Waals surface area contributed by atoms with Crippen LogP contribution in [-0.4, -0.2) is 26.5 Å². The number of carbonyl (C=O) groups excluding carboxylic acids is 1. The molecule has 0 heterocycles. The number of benzene rings is 1. The molecule has 0 aliphatic heterocycles. The van der Waals surface area contributed by atoms with E-state index in [0.29, 0.717) is 22.6 Å². The van der Waals surface area contributed by atoms with Crippen molar-refractivity contribution in [2.45, 2.75) is 25.9 Å². The Morgan fingerprint density at radius 3 is 2.37 bits per heavy atom. The van der Waals surface area contributed by atoms with Crippen LogP contribution in [0.5, 0.6) is 11.5 Å². The van der Waals surface area contributed by atoms with Gasteiger partial charge in [-0.15, -0.1) is 0 Å². The fraction of sp³-hybridized carbons (Fsp3) is 0.500. The molecule has 1 aromatic carbocycles. The van der Waals surface area contributed by atoms with Crippen LogP contribution in [0.1, 0.15) is 36.2 Å². The van der Waals surface area contributed by atoms with Crippen molar-refractivity contribution in [3.63, 3.8) is 0 Å². The Labute approximate surface area is 112 Å². The van der Waals surface area contributed by atoms with Crippen LogP contribution in [0.2, 0.25) is 0 Å². The van der Waals surface area contributed by atoms with Gasteiger partial charge in [-0.05, 0) is 38.1 Å². The van der Waals surface area contributed by atoms with Gasteiger partial charge in [0.25, 0.3) is 0 Å². The Morgan fingerprint density at radius 2 is 1.95 bits per heavy atom. The molecule has 0 atom stereocenters. The number of nitrogens with two attached hydrogens (primary N) is 1. The zero-order valence-corrected chi connectivity index (χ0v) is 11.7. The molecule has 19 heavy (non-hydrogen) atoms. The standard InChI is InChI=1S/C14H20FNO3/c1-14(2,15)9-7-10(11(17)5-6-16)13(19-4)12(8-9)18-3/h7-8H,5-6,16H2,1-4H3. The molecule has 0 aliphatic rings. The van der Waals surface area contributed by atoms with Gasteiger partial charge < -0.3 is 15.2 Å². The van der Waals surface area contributed by atoms with Crippen LogP contribution >= 0.6 is 0 Å². The Bertz CT molecular complexity index is 466. The van der Waals surface area contributed by atoms with Crippen LogP contribution in [-0.2, 0) is 5.67 Å². The van der Waals surface area contributed by atoms with Crippen molar-refractivity contribution in [2.75, 3.05) is 20.8 Å². The molecule has 0 aliphatic carbocycles. The van der Waals surface area contributed by atoms with Crippen LogP contribution in [0.15, 0.2) is 12.1 Å². The highest BCUT2D eigenvalue weighted by molar-refractivity contribution is 5.99. The fourth-order valence-electron chi connectivity index (χ4n) is 1.78. The SMILES string of the molecule is COc1cc(C(C)(C)F)cc(C(=O)CCN)c1OC.